The first kappa shape index (κ1) is 7.27. The van der Waals surface area contributed by atoms with Crippen LogP contribution in [0.15, 0.2) is 17.4 Å². The molecule has 5 nitrogen and oxygen atoms in total. The number of allylic oxidation sites excluding steroid dienone is 1. The topological polar surface area (TPSA) is 52.7 Å². The van der Waals surface area contributed by atoms with Crippen LogP contribution < -0.4 is 5.69 Å². The van der Waals surface area contributed by atoms with Gasteiger partial charge in [0.05, 0.1) is 12.6 Å². The third-order valence-electron chi connectivity index (χ3n) is 1.86. The van der Waals surface area contributed by atoms with Crippen LogP contribution in [0.2, 0.25) is 0 Å². The smallest absolute Gasteiger partial charge is 0.244 e. The van der Waals surface area contributed by atoms with E-state index in [1.165, 1.54) is 9.36 Å². The fourth-order valence-electron chi connectivity index (χ4n) is 1.07. The molecule has 1 aliphatic carbocycles. The minimum absolute atomic E-state index is 0.127. The molecule has 0 unspecified atom stereocenters. The Bertz CT molecular complexity index is 347. The van der Waals surface area contributed by atoms with Crippen LogP contribution in [0.5, 0.6) is 0 Å². The third kappa shape index (κ3) is 1.07. The van der Waals surface area contributed by atoms with Gasteiger partial charge in [-0.1, -0.05) is 6.08 Å². The molecule has 1 heterocycles. The van der Waals surface area contributed by atoms with Crippen molar-refractivity contribution in [1.29, 1.82) is 0 Å². The van der Waals surface area contributed by atoms with Gasteiger partial charge in [0.25, 0.3) is 0 Å². The van der Waals surface area contributed by atoms with Gasteiger partial charge in [-0.25, -0.2) is 4.79 Å². The van der Waals surface area contributed by atoms with E-state index >= 15 is 0 Å². The van der Waals surface area contributed by atoms with Crippen molar-refractivity contribution < 1.29 is 0 Å². The standard InChI is InChI=1S/C7H10N4O/c1-2-5-10-7(12)11(9-8-10)6-3-4-6/h2,6H,1,3-5H2. The normalized spacial score (nSPS) is 16.3. The SMILES string of the molecule is C=CCn1nnn(C2CC2)c1=O. The maximum atomic E-state index is 11.4. The highest BCUT2D eigenvalue weighted by Crippen LogP contribution is 2.32. The molecule has 0 spiro atoms. The van der Waals surface area contributed by atoms with Crippen LogP contribution in [0.1, 0.15) is 18.9 Å². The molecule has 1 saturated carbocycles. The molecule has 1 aliphatic rings. The molecule has 0 saturated heterocycles. The molecule has 5 heteroatoms. The van der Waals surface area contributed by atoms with Gasteiger partial charge in [0.2, 0.25) is 0 Å². The van der Waals surface area contributed by atoms with Gasteiger partial charge in [0, 0.05) is 0 Å². The van der Waals surface area contributed by atoms with Crippen molar-refractivity contribution in [3.63, 3.8) is 0 Å². The lowest BCUT2D eigenvalue weighted by molar-refractivity contribution is 0.593. The van der Waals surface area contributed by atoms with E-state index in [4.69, 9.17) is 0 Å². The monoisotopic (exact) mass is 166 g/mol. The maximum absolute atomic E-state index is 11.4. The fourth-order valence-corrected chi connectivity index (χ4v) is 1.07. The third-order valence-corrected chi connectivity index (χ3v) is 1.86. The Labute approximate surface area is 69.3 Å². The van der Waals surface area contributed by atoms with E-state index in [0.29, 0.717) is 12.6 Å². The van der Waals surface area contributed by atoms with Crippen molar-refractivity contribution in [3.05, 3.63) is 23.1 Å². The molecule has 0 atom stereocenters. The van der Waals surface area contributed by atoms with Crippen molar-refractivity contribution in [3.8, 4) is 0 Å². The predicted octanol–water partition coefficient (Wildman–Crippen LogP) is -0.0393. The van der Waals surface area contributed by atoms with Crippen molar-refractivity contribution in [1.82, 2.24) is 19.8 Å². The zero-order chi connectivity index (χ0) is 8.55. The average molecular weight is 166 g/mol. The Morgan fingerprint density at radius 1 is 1.58 bits per heavy atom. The summed E-state index contributed by atoms with van der Waals surface area (Å²) in [6.07, 6.45) is 3.73. The summed E-state index contributed by atoms with van der Waals surface area (Å²) in [7, 11) is 0. The van der Waals surface area contributed by atoms with E-state index in [-0.39, 0.29) is 5.69 Å². The number of hydrogen-bond acceptors (Lipinski definition) is 3. The second-order valence-corrected chi connectivity index (χ2v) is 2.91. The molecule has 0 aliphatic heterocycles. The highest BCUT2D eigenvalue weighted by atomic mass is 16.2. The largest absolute Gasteiger partial charge is 0.364 e. The minimum Gasteiger partial charge on any atom is -0.244 e. The highest BCUT2D eigenvalue weighted by Gasteiger charge is 2.27. The number of tetrazole rings is 1. The molecule has 0 bridgehead atoms. The number of hydrogen-bond donors (Lipinski definition) is 0. The quantitative estimate of drug-likeness (QED) is 0.592. The molecule has 2 rings (SSSR count). The van der Waals surface area contributed by atoms with Gasteiger partial charge in [-0.15, -0.1) is 6.58 Å². The first-order valence-corrected chi connectivity index (χ1v) is 3.96. The molecule has 0 amide bonds. The predicted molar refractivity (Wildman–Crippen MR) is 42.8 cm³/mol. The first-order valence-electron chi connectivity index (χ1n) is 3.96. The van der Waals surface area contributed by atoms with Crippen LogP contribution in [0.4, 0.5) is 0 Å². The lowest BCUT2D eigenvalue weighted by Gasteiger charge is -1.90. The van der Waals surface area contributed by atoms with Gasteiger partial charge in [-0.2, -0.15) is 9.36 Å². The van der Waals surface area contributed by atoms with E-state index < -0.39 is 0 Å². The van der Waals surface area contributed by atoms with Crippen molar-refractivity contribution in [2.24, 2.45) is 0 Å². The molecule has 1 aromatic heterocycles. The highest BCUT2D eigenvalue weighted by molar-refractivity contribution is 4.81. The van der Waals surface area contributed by atoms with Gasteiger partial charge in [-0.05, 0) is 23.3 Å². The summed E-state index contributed by atoms with van der Waals surface area (Å²) in [6, 6.07) is 0.302. The zero-order valence-corrected chi connectivity index (χ0v) is 6.68. The molecule has 12 heavy (non-hydrogen) atoms. The van der Waals surface area contributed by atoms with Crippen LogP contribution in [-0.2, 0) is 6.54 Å². The molecule has 1 aromatic rings. The molecule has 0 aromatic carbocycles. The average Bonchev–Trinajstić information content (AvgIpc) is 2.82. The van der Waals surface area contributed by atoms with Crippen LogP contribution in [0, 0.1) is 0 Å². The Kier molecular flexibility index (Phi) is 1.56. The molecule has 0 radical (unpaired) electrons. The zero-order valence-electron chi connectivity index (χ0n) is 6.68. The first-order chi connectivity index (χ1) is 5.83. The molecule has 1 fully saturated rings. The van der Waals surface area contributed by atoms with Gasteiger partial charge >= 0.3 is 5.69 Å². The molecular formula is C7H10N4O. The Balaban J connectivity index is 2.33. The number of aromatic nitrogens is 4. The van der Waals surface area contributed by atoms with Crippen molar-refractivity contribution >= 4 is 0 Å². The van der Waals surface area contributed by atoms with Crippen LogP contribution in [0.25, 0.3) is 0 Å². The van der Waals surface area contributed by atoms with Gasteiger partial charge in [0.1, 0.15) is 0 Å². The van der Waals surface area contributed by atoms with E-state index in [1.807, 2.05) is 0 Å². The van der Waals surface area contributed by atoms with Crippen molar-refractivity contribution in [2.75, 3.05) is 0 Å². The van der Waals surface area contributed by atoms with Crippen molar-refractivity contribution in [2.45, 2.75) is 25.4 Å². The summed E-state index contributed by atoms with van der Waals surface area (Å²) < 4.78 is 2.76. The summed E-state index contributed by atoms with van der Waals surface area (Å²) in [4.78, 5) is 11.4. The lowest BCUT2D eigenvalue weighted by atomic mass is 10.6. The summed E-state index contributed by atoms with van der Waals surface area (Å²) in [5.41, 5.74) is -0.127. The van der Waals surface area contributed by atoms with E-state index in [2.05, 4.69) is 17.0 Å². The van der Waals surface area contributed by atoms with Gasteiger partial charge in [-0.3, -0.25) is 0 Å². The van der Waals surface area contributed by atoms with Gasteiger partial charge in [0.15, 0.2) is 0 Å². The van der Waals surface area contributed by atoms with E-state index in [1.54, 1.807) is 6.08 Å². The lowest BCUT2D eigenvalue weighted by Crippen LogP contribution is -2.24. The summed E-state index contributed by atoms with van der Waals surface area (Å²) in [6.45, 7) is 3.97. The Hall–Kier alpha value is -1.39. The van der Waals surface area contributed by atoms with Crippen LogP contribution in [-0.4, -0.2) is 19.8 Å². The molecular weight excluding hydrogens is 156 g/mol. The molecule has 64 valence electrons. The second-order valence-electron chi connectivity index (χ2n) is 2.91. The van der Waals surface area contributed by atoms with E-state index in [9.17, 15) is 4.79 Å². The van der Waals surface area contributed by atoms with Crippen LogP contribution in [0.3, 0.4) is 0 Å². The number of nitrogens with zero attached hydrogens (tertiary/aromatic N) is 4. The fraction of sp³-hybridized carbons (Fsp3) is 0.571. The van der Waals surface area contributed by atoms with Gasteiger partial charge < -0.3 is 0 Å². The second kappa shape index (κ2) is 2.58. The van der Waals surface area contributed by atoms with E-state index in [0.717, 1.165) is 12.8 Å². The Morgan fingerprint density at radius 3 is 2.92 bits per heavy atom. The summed E-state index contributed by atoms with van der Waals surface area (Å²) in [5, 5.41) is 7.48. The number of rotatable bonds is 3. The minimum atomic E-state index is -0.127. The maximum Gasteiger partial charge on any atom is 0.364 e. The summed E-state index contributed by atoms with van der Waals surface area (Å²) >= 11 is 0. The summed E-state index contributed by atoms with van der Waals surface area (Å²) in [5.74, 6) is 0. The Morgan fingerprint density at radius 2 is 2.33 bits per heavy atom. The molecule has 0 N–H and O–H groups in total. The van der Waals surface area contributed by atoms with Crippen LogP contribution >= 0.6 is 0 Å².